The summed E-state index contributed by atoms with van der Waals surface area (Å²) in [4.78, 5) is 40.3. The number of methoxy groups -OCH3 is 1. The maximum Gasteiger partial charge on any atom is 0.233 e. The van der Waals surface area contributed by atoms with Crippen LogP contribution in [0.5, 0.6) is 5.75 Å². The van der Waals surface area contributed by atoms with E-state index in [0.29, 0.717) is 6.54 Å². The Morgan fingerprint density at radius 2 is 1.69 bits per heavy atom. The van der Waals surface area contributed by atoms with Gasteiger partial charge in [-0.2, -0.15) is 0 Å². The zero-order valence-electron chi connectivity index (χ0n) is 15.4. The summed E-state index contributed by atoms with van der Waals surface area (Å²) >= 11 is 0. The van der Waals surface area contributed by atoms with Crippen molar-refractivity contribution in [3.63, 3.8) is 0 Å². The molecule has 6 nitrogen and oxygen atoms in total. The highest BCUT2D eigenvalue weighted by atomic mass is 16.5. The number of likely N-dealkylation sites (tertiary alicyclic amines) is 1. The molecule has 1 aromatic rings. The first-order chi connectivity index (χ1) is 12.5. The number of imide groups is 1. The van der Waals surface area contributed by atoms with Crippen LogP contribution in [0.25, 0.3) is 0 Å². The van der Waals surface area contributed by atoms with Gasteiger partial charge in [0.1, 0.15) is 5.75 Å². The summed E-state index contributed by atoms with van der Waals surface area (Å²) < 4.78 is 5.13. The largest absolute Gasteiger partial charge is 0.497 e. The minimum Gasteiger partial charge on any atom is -0.497 e. The van der Waals surface area contributed by atoms with Crippen molar-refractivity contribution in [2.24, 2.45) is 11.8 Å². The number of nitrogens with zero attached hydrogens (tertiary/aromatic N) is 2. The van der Waals surface area contributed by atoms with Gasteiger partial charge in [0.15, 0.2) is 0 Å². The smallest absolute Gasteiger partial charge is 0.233 e. The molecule has 2 aliphatic rings. The summed E-state index contributed by atoms with van der Waals surface area (Å²) in [5.41, 5.74) is 1.00. The van der Waals surface area contributed by atoms with Crippen molar-refractivity contribution in [1.82, 2.24) is 9.80 Å². The molecule has 0 spiro atoms. The van der Waals surface area contributed by atoms with Gasteiger partial charge < -0.3 is 9.64 Å². The standard InChI is InChI=1S/C20H26N2O4/c1-21(13-14-7-9-15(26-2)10-8-14)18(23)11-12-22-19(24)16-5-3-4-6-17(16)20(22)25/h7-10,16-17H,3-6,11-13H2,1-2H3. The monoisotopic (exact) mass is 358 g/mol. The first-order valence-electron chi connectivity index (χ1n) is 9.23. The molecule has 1 aliphatic carbocycles. The molecule has 2 fully saturated rings. The van der Waals surface area contributed by atoms with Crippen molar-refractivity contribution in [2.75, 3.05) is 20.7 Å². The van der Waals surface area contributed by atoms with Crippen LogP contribution < -0.4 is 4.74 Å². The average Bonchev–Trinajstić information content (AvgIpc) is 2.91. The summed E-state index contributed by atoms with van der Waals surface area (Å²) in [5, 5.41) is 0. The first kappa shape index (κ1) is 18.4. The number of amides is 3. The molecule has 0 aromatic heterocycles. The number of carbonyl (C=O) groups is 3. The highest BCUT2D eigenvalue weighted by molar-refractivity contribution is 6.05. The van der Waals surface area contributed by atoms with Crippen LogP contribution >= 0.6 is 0 Å². The number of rotatable bonds is 6. The zero-order chi connectivity index (χ0) is 18.7. The highest BCUT2D eigenvalue weighted by Gasteiger charge is 2.47. The quantitative estimate of drug-likeness (QED) is 0.732. The van der Waals surface area contributed by atoms with Crippen LogP contribution in [-0.2, 0) is 20.9 Å². The Balaban J connectivity index is 1.52. The molecule has 0 N–H and O–H groups in total. The molecular weight excluding hydrogens is 332 g/mol. The second-order valence-electron chi connectivity index (χ2n) is 7.17. The normalized spacial score (nSPS) is 22.3. The Morgan fingerprint density at radius 1 is 1.12 bits per heavy atom. The molecule has 0 radical (unpaired) electrons. The average molecular weight is 358 g/mol. The fourth-order valence-corrected chi connectivity index (χ4v) is 3.94. The van der Waals surface area contributed by atoms with E-state index in [1.54, 1.807) is 19.1 Å². The lowest BCUT2D eigenvalue weighted by atomic mass is 9.81. The predicted octanol–water partition coefficient (Wildman–Crippen LogP) is 2.22. The molecule has 1 heterocycles. The third-order valence-electron chi connectivity index (χ3n) is 5.49. The van der Waals surface area contributed by atoms with Gasteiger partial charge in [0.2, 0.25) is 17.7 Å². The topological polar surface area (TPSA) is 66.9 Å². The third-order valence-corrected chi connectivity index (χ3v) is 5.49. The maximum atomic E-state index is 12.5. The highest BCUT2D eigenvalue weighted by Crippen LogP contribution is 2.37. The lowest BCUT2D eigenvalue weighted by molar-refractivity contribution is -0.140. The van der Waals surface area contributed by atoms with Gasteiger partial charge in [0.25, 0.3) is 0 Å². The summed E-state index contributed by atoms with van der Waals surface area (Å²) in [5.74, 6) is 0.244. The van der Waals surface area contributed by atoms with Crippen LogP contribution in [0.3, 0.4) is 0 Å². The Kier molecular flexibility index (Phi) is 5.59. The second-order valence-corrected chi connectivity index (χ2v) is 7.17. The van der Waals surface area contributed by atoms with Crippen LogP contribution in [-0.4, -0.2) is 48.2 Å². The van der Waals surface area contributed by atoms with Crippen LogP contribution in [0.2, 0.25) is 0 Å². The van der Waals surface area contributed by atoms with Crippen LogP contribution in [0.15, 0.2) is 24.3 Å². The summed E-state index contributed by atoms with van der Waals surface area (Å²) in [7, 11) is 3.35. The lowest BCUT2D eigenvalue weighted by Crippen LogP contribution is -2.36. The van der Waals surface area contributed by atoms with Gasteiger partial charge in [-0.25, -0.2) is 0 Å². The van der Waals surface area contributed by atoms with Gasteiger partial charge in [-0.05, 0) is 30.5 Å². The SMILES string of the molecule is COc1ccc(CN(C)C(=O)CCN2C(=O)C3CCCCC3C2=O)cc1. The molecule has 3 rings (SSSR count). The minimum atomic E-state index is -0.150. The summed E-state index contributed by atoms with van der Waals surface area (Å²) in [6, 6.07) is 7.55. The second kappa shape index (κ2) is 7.89. The summed E-state index contributed by atoms with van der Waals surface area (Å²) in [6.07, 6.45) is 3.80. The Bertz CT molecular complexity index is 662. The molecule has 3 amide bonds. The molecule has 26 heavy (non-hydrogen) atoms. The maximum absolute atomic E-state index is 12.5. The van der Waals surface area contributed by atoms with E-state index in [2.05, 4.69) is 0 Å². The van der Waals surface area contributed by atoms with Gasteiger partial charge >= 0.3 is 0 Å². The molecule has 1 saturated heterocycles. The fraction of sp³-hybridized carbons (Fsp3) is 0.550. The first-order valence-corrected chi connectivity index (χ1v) is 9.23. The van der Waals surface area contributed by atoms with Crippen molar-refractivity contribution < 1.29 is 19.1 Å². The Hall–Kier alpha value is -2.37. The molecule has 1 aromatic carbocycles. The number of fused-ring (bicyclic) bond motifs is 1. The molecular formula is C20H26N2O4. The van der Waals surface area contributed by atoms with Gasteiger partial charge in [0, 0.05) is 26.6 Å². The van der Waals surface area contributed by atoms with Crippen molar-refractivity contribution in [1.29, 1.82) is 0 Å². The van der Waals surface area contributed by atoms with Crippen LogP contribution in [0, 0.1) is 11.8 Å². The van der Waals surface area contributed by atoms with Gasteiger partial charge in [-0.15, -0.1) is 0 Å². The van der Waals surface area contributed by atoms with E-state index in [9.17, 15) is 14.4 Å². The van der Waals surface area contributed by atoms with Gasteiger partial charge in [-0.1, -0.05) is 25.0 Å². The minimum absolute atomic E-state index is 0.0729. The van der Waals surface area contributed by atoms with Crippen molar-refractivity contribution in [3.8, 4) is 5.75 Å². The van der Waals surface area contributed by atoms with Gasteiger partial charge in [0.05, 0.1) is 18.9 Å². The van der Waals surface area contributed by atoms with E-state index >= 15 is 0 Å². The van der Waals surface area contributed by atoms with E-state index in [4.69, 9.17) is 4.74 Å². The third kappa shape index (κ3) is 3.74. The molecule has 1 aliphatic heterocycles. The van der Waals surface area contributed by atoms with E-state index in [1.165, 1.54) is 4.90 Å². The van der Waals surface area contributed by atoms with E-state index in [1.807, 2.05) is 24.3 Å². The zero-order valence-corrected chi connectivity index (χ0v) is 15.4. The van der Waals surface area contributed by atoms with Crippen LogP contribution in [0.4, 0.5) is 0 Å². The summed E-state index contributed by atoms with van der Waals surface area (Å²) in [6.45, 7) is 0.673. The fourth-order valence-electron chi connectivity index (χ4n) is 3.94. The van der Waals surface area contributed by atoms with Crippen molar-refractivity contribution in [2.45, 2.75) is 38.6 Å². The van der Waals surface area contributed by atoms with E-state index in [0.717, 1.165) is 37.0 Å². The molecule has 2 atom stereocenters. The molecule has 140 valence electrons. The Morgan fingerprint density at radius 3 is 2.23 bits per heavy atom. The van der Waals surface area contributed by atoms with E-state index < -0.39 is 0 Å². The van der Waals surface area contributed by atoms with Crippen molar-refractivity contribution in [3.05, 3.63) is 29.8 Å². The molecule has 6 heteroatoms. The Labute approximate surface area is 154 Å². The number of hydrogen-bond acceptors (Lipinski definition) is 4. The molecule has 2 unspecified atom stereocenters. The number of benzene rings is 1. The molecule has 0 bridgehead atoms. The van der Waals surface area contributed by atoms with Gasteiger partial charge in [-0.3, -0.25) is 19.3 Å². The number of carbonyl (C=O) groups excluding carboxylic acids is 3. The lowest BCUT2D eigenvalue weighted by Gasteiger charge is -2.20. The molecule has 1 saturated carbocycles. The van der Waals surface area contributed by atoms with Crippen LogP contribution in [0.1, 0.15) is 37.7 Å². The predicted molar refractivity (Wildman–Crippen MR) is 96.3 cm³/mol. The number of ether oxygens (including phenoxy) is 1. The van der Waals surface area contributed by atoms with Crippen molar-refractivity contribution >= 4 is 17.7 Å². The van der Waals surface area contributed by atoms with E-state index in [-0.39, 0.29) is 42.5 Å². The number of hydrogen-bond donors (Lipinski definition) is 0.